The molecule has 2 unspecified atom stereocenters. The lowest BCUT2D eigenvalue weighted by atomic mass is 10.0. The van der Waals surface area contributed by atoms with Crippen LogP contribution in [0.15, 0.2) is 12.5 Å². The van der Waals surface area contributed by atoms with Crippen LogP contribution in [0.5, 0.6) is 0 Å². The van der Waals surface area contributed by atoms with Gasteiger partial charge in [0.2, 0.25) is 5.91 Å². The topological polar surface area (TPSA) is 64.2 Å². The van der Waals surface area contributed by atoms with Crippen LogP contribution in [0.25, 0.3) is 0 Å². The first-order valence-corrected chi connectivity index (χ1v) is 6.83. The molecule has 1 amide bonds. The molecule has 1 aliphatic heterocycles. The van der Waals surface area contributed by atoms with E-state index in [1.165, 1.54) is 0 Å². The summed E-state index contributed by atoms with van der Waals surface area (Å²) in [7, 11) is 0. The number of rotatable bonds is 2. The lowest BCUT2D eigenvalue weighted by molar-refractivity contribution is -0.133. The Bertz CT molecular complexity index is 472. The number of hydrogen-bond donors (Lipinski definition) is 1. The second-order valence-corrected chi connectivity index (χ2v) is 6.57. The molecule has 0 aliphatic carbocycles. The first kappa shape index (κ1) is 14.1. The van der Waals surface area contributed by atoms with Gasteiger partial charge in [-0.1, -0.05) is 0 Å². The minimum absolute atomic E-state index is 0.0857. The van der Waals surface area contributed by atoms with E-state index < -0.39 is 0 Å². The highest BCUT2D eigenvalue weighted by molar-refractivity contribution is 5.81. The molecule has 2 N–H and O–H groups in total. The second-order valence-electron chi connectivity index (χ2n) is 6.57. The Morgan fingerprint density at radius 3 is 2.58 bits per heavy atom. The van der Waals surface area contributed by atoms with Crippen molar-refractivity contribution in [2.75, 3.05) is 0 Å². The lowest BCUT2D eigenvalue weighted by Crippen LogP contribution is -2.46. The van der Waals surface area contributed by atoms with Gasteiger partial charge >= 0.3 is 0 Å². The van der Waals surface area contributed by atoms with Crippen molar-refractivity contribution >= 4 is 5.91 Å². The fourth-order valence-corrected chi connectivity index (χ4v) is 2.88. The van der Waals surface area contributed by atoms with Gasteiger partial charge in [-0.3, -0.25) is 4.79 Å². The van der Waals surface area contributed by atoms with Gasteiger partial charge in [0.05, 0.1) is 24.3 Å². The molecule has 1 fully saturated rings. The molecule has 2 rings (SSSR count). The van der Waals surface area contributed by atoms with Gasteiger partial charge in [-0.25, -0.2) is 4.98 Å². The molecule has 1 aromatic rings. The van der Waals surface area contributed by atoms with E-state index in [-0.39, 0.29) is 23.5 Å². The highest BCUT2D eigenvalue weighted by atomic mass is 16.2. The average molecular weight is 264 g/mol. The Balaban J connectivity index is 2.46. The number of hydrogen-bond acceptors (Lipinski definition) is 3. The molecule has 0 radical (unpaired) electrons. The molecule has 5 nitrogen and oxygen atoms in total. The van der Waals surface area contributed by atoms with Crippen molar-refractivity contribution in [1.29, 1.82) is 0 Å². The summed E-state index contributed by atoms with van der Waals surface area (Å²) in [5, 5.41) is 0. The fourth-order valence-electron chi connectivity index (χ4n) is 2.88. The number of carbonyl (C=O) groups is 1. The monoisotopic (exact) mass is 264 g/mol. The van der Waals surface area contributed by atoms with Gasteiger partial charge in [-0.2, -0.15) is 0 Å². The normalized spacial score (nSPS) is 24.6. The highest BCUT2D eigenvalue weighted by Crippen LogP contribution is 2.38. The van der Waals surface area contributed by atoms with Gasteiger partial charge in [-0.05, 0) is 34.6 Å². The Hall–Kier alpha value is -1.36. The van der Waals surface area contributed by atoms with Gasteiger partial charge in [-0.15, -0.1) is 0 Å². The molecule has 5 heteroatoms. The van der Waals surface area contributed by atoms with Crippen molar-refractivity contribution in [2.45, 2.75) is 64.7 Å². The lowest BCUT2D eigenvalue weighted by Gasteiger charge is -2.38. The molecule has 2 atom stereocenters. The SMILES string of the molecule is CC(C)n1cncc1C1C(N)CC(=O)N1C(C)(C)C. The summed E-state index contributed by atoms with van der Waals surface area (Å²) >= 11 is 0. The predicted molar refractivity (Wildman–Crippen MR) is 74.5 cm³/mol. The van der Waals surface area contributed by atoms with Crippen LogP contribution < -0.4 is 5.73 Å². The summed E-state index contributed by atoms with van der Waals surface area (Å²) in [6.45, 7) is 10.4. The molecule has 1 aromatic heterocycles. The van der Waals surface area contributed by atoms with Crippen molar-refractivity contribution in [3.8, 4) is 0 Å². The number of aromatic nitrogens is 2. The van der Waals surface area contributed by atoms with Crippen LogP contribution >= 0.6 is 0 Å². The Kier molecular flexibility index (Phi) is 3.43. The zero-order valence-corrected chi connectivity index (χ0v) is 12.4. The molecule has 0 bridgehead atoms. The third kappa shape index (κ3) is 2.39. The third-order valence-electron chi connectivity index (χ3n) is 3.64. The van der Waals surface area contributed by atoms with E-state index >= 15 is 0 Å². The second kappa shape index (κ2) is 4.63. The highest BCUT2D eigenvalue weighted by Gasteiger charge is 2.45. The third-order valence-corrected chi connectivity index (χ3v) is 3.64. The van der Waals surface area contributed by atoms with Crippen molar-refractivity contribution in [1.82, 2.24) is 14.5 Å². The summed E-state index contributed by atoms with van der Waals surface area (Å²) in [5.41, 5.74) is 7.01. The minimum atomic E-state index is -0.234. The van der Waals surface area contributed by atoms with Gasteiger partial charge in [0.15, 0.2) is 0 Å². The standard InChI is InChI=1S/C14H24N4O/c1-9(2)17-8-16-7-11(17)13-10(15)6-12(19)18(13)14(3,4)5/h7-10,13H,6,15H2,1-5H3. The molecule has 0 saturated carbocycles. The van der Waals surface area contributed by atoms with Crippen LogP contribution in [-0.2, 0) is 4.79 Å². The number of nitrogens with zero attached hydrogens (tertiary/aromatic N) is 3. The van der Waals surface area contributed by atoms with Gasteiger partial charge in [0.25, 0.3) is 0 Å². The molecule has 1 aliphatic rings. The maximum absolute atomic E-state index is 12.2. The van der Waals surface area contributed by atoms with E-state index in [0.29, 0.717) is 12.5 Å². The van der Waals surface area contributed by atoms with Crippen molar-refractivity contribution < 1.29 is 4.79 Å². The molecule has 1 saturated heterocycles. The summed E-state index contributed by atoms with van der Waals surface area (Å²) in [6, 6.07) is 0.0561. The van der Waals surface area contributed by atoms with Crippen LogP contribution in [0.3, 0.4) is 0 Å². The molecule has 19 heavy (non-hydrogen) atoms. The molecule has 2 heterocycles. The quantitative estimate of drug-likeness (QED) is 0.886. The molecule has 0 spiro atoms. The zero-order valence-electron chi connectivity index (χ0n) is 12.4. The summed E-state index contributed by atoms with van der Waals surface area (Å²) in [6.07, 6.45) is 4.06. The fraction of sp³-hybridized carbons (Fsp3) is 0.714. The van der Waals surface area contributed by atoms with Crippen LogP contribution in [0.2, 0.25) is 0 Å². The average Bonchev–Trinajstić information content (AvgIpc) is 2.80. The van der Waals surface area contributed by atoms with Gasteiger partial charge in [0.1, 0.15) is 0 Å². The van der Waals surface area contributed by atoms with E-state index in [4.69, 9.17) is 5.73 Å². The van der Waals surface area contributed by atoms with E-state index in [1.807, 2.05) is 38.2 Å². The Morgan fingerprint density at radius 1 is 1.42 bits per heavy atom. The molecular weight excluding hydrogens is 240 g/mol. The number of imidazole rings is 1. The number of amides is 1. The maximum atomic E-state index is 12.2. The number of carbonyl (C=O) groups excluding carboxylic acids is 1. The zero-order chi connectivity index (χ0) is 14.4. The number of nitrogens with two attached hydrogens (primary N) is 1. The first-order valence-electron chi connectivity index (χ1n) is 6.83. The van der Waals surface area contributed by atoms with Gasteiger partial charge < -0.3 is 15.2 Å². The predicted octanol–water partition coefficient (Wildman–Crippen LogP) is 1.86. The van der Waals surface area contributed by atoms with Gasteiger partial charge in [0, 0.05) is 24.0 Å². The van der Waals surface area contributed by atoms with Crippen LogP contribution in [0.1, 0.15) is 58.8 Å². The summed E-state index contributed by atoms with van der Waals surface area (Å²) in [5.74, 6) is 0.126. The minimum Gasteiger partial charge on any atom is -0.330 e. The molecule has 106 valence electrons. The summed E-state index contributed by atoms with van der Waals surface area (Å²) in [4.78, 5) is 18.4. The Morgan fingerprint density at radius 2 is 2.05 bits per heavy atom. The van der Waals surface area contributed by atoms with Crippen molar-refractivity contribution in [2.24, 2.45) is 5.73 Å². The van der Waals surface area contributed by atoms with Crippen molar-refractivity contribution in [3.05, 3.63) is 18.2 Å². The van der Waals surface area contributed by atoms with E-state index in [2.05, 4.69) is 23.4 Å². The largest absolute Gasteiger partial charge is 0.330 e. The van der Waals surface area contributed by atoms with E-state index in [1.54, 1.807) is 0 Å². The molecular formula is C14H24N4O. The molecule has 0 aromatic carbocycles. The van der Waals surface area contributed by atoms with Crippen LogP contribution in [0, 0.1) is 0 Å². The maximum Gasteiger partial charge on any atom is 0.225 e. The first-order chi connectivity index (χ1) is 8.73. The van der Waals surface area contributed by atoms with E-state index in [0.717, 1.165) is 5.69 Å². The Labute approximate surface area is 114 Å². The van der Waals surface area contributed by atoms with Crippen molar-refractivity contribution in [3.63, 3.8) is 0 Å². The number of likely N-dealkylation sites (tertiary alicyclic amines) is 1. The van der Waals surface area contributed by atoms with Crippen LogP contribution in [0.4, 0.5) is 0 Å². The van der Waals surface area contributed by atoms with Crippen LogP contribution in [-0.4, -0.2) is 31.9 Å². The summed E-state index contributed by atoms with van der Waals surface area (Å²) < 4.78 is 2.10. The smallest absolute Gasteiger partial charge is 0.225 e. The van der Waals surface area contributed by atoms with E-state index in [9.17, 15) is 4.79 Å².